The monoisotopic (exact) mass is 202 g/mol. The molecule has 0 aliphatic carbocycles. The van der Waals surface area contributed by atoms with Crippen molar-refractivity contribution in [2.45, 2.75) is 6.92 Å². The number of rotatable bonds is 2. The Labute approximate surface area is 86.8 Å². The van der Waals surface area contributed by atoms with Gasteiger partial charge in [0.05, 0.1) is 11.3 Å². The highest BCUT2D eigenvalue weighted by atomic mass is 16.4. The minimum Gasteiger partial charge on any atom is -0.478 e. The zero-order valence-corrected chi connectivity index (χ0v) is 8.21. The summed E-state index contributed by atoms with van der Waals surface area (Å²) in [6.07, 6.45) is 1.71. The number of hydrogen-bond donors (Lipinski definition) is 1. The van der Waals surface area contributed by atoms with Crippen molar-refractivity contribution in [2.75, 3.05) is 0 Å². The van der Waals surface area contributed by atoms with E-state index in [1.54, 1.807) is 35.1 Å². The first kappa shape index (κ1) is 9.45. The average molecular weight is 202 g/mol. The van der Waals surface area contributed by atoms with Gasteiger partial charge in [-0.05, 0) is 37.3 Å². The average Bonchev–Trinajstić information content (AvgIpc) is 2.65. The molecule has 1 heterocycles. The Morgan fingerprint density at radius 3 is 2.40 bits per heavy atom. The van der Waals surface area contributed by atoms with E-state index in [1.807, 2.05) is 13.0 Å². The molecule has 76 valence electrons. The summed E-state index contributed by atoms with van der Waals surface area (Å²) in [5.74, 6) is -0.918. The topological polar surface area (TPSA) is 55.1 Å². The zero-order valence-electron chi connectivity index (χ0n) is 8.21. The van der Waals surface area contributed by atoms with Gasteiger partial charge in [0, 0.05) is 11.9 Å². The van der Waals surface area contributed by atoms with Crippen molar-refractivity contribution in [1.29, 1.82) is 0 Å². The summed E-state index contributed by atoms with van der Waals surface area (Å²) >= 11 is 0. The maximum absolute atomic E-state index is 10.6. The molecule has 1 N–H and O–H groups in total. The van der Waals surface area contributed by atoms with Crippen LogP contribution in [0.15, 0.2) is 36.5 Å². The van der Waals surface area contributed by atoms with Crippen molar-refractivity contribution in [1.82, 2.24) is 9.78 Å². The molecule has 0 radical (unpaired) electrons. The maximum atomic E-state index is 10.6. The van der Waals surface area contributed by atoms with Crippen LogP contribution in [0.4, 0.5) is 0 Å². The molecule has 0 amide bonds. The van der Waals surface area contributed by atoms with Crippen LogP contribution in [0.1, 0.15) is 16.1 Å². The number of hydrogen-bond acceptors (Lipinski definition) is 2. The Balaban J connectivity index is 2.40. The van der Waals surface area contributed by atoms with Crippen molar-refractivity contribution >= 4 is 5.97 Å². The van der Waals surface area contributed by atoms with Crippen LogP contribution in [0.25, 0.3) is 5.69 Å². The number of carboxylic acids is 1. The fourth-order valence-electron chi connectivity index (χ4n) is 1.39. The smallest absolute Gasteiger partial charge is 0.335 e. The molecular weight excluding hydrogens is 192 g/mol. The lowest BCUT2D eigenvalue weighted by atomic mass is 10.2. The molecule has 1 aromatic carbocycles. The van der Waals surface area contributed by atoms with Crippen molar-refractivity contribution in [3.63, 3.8) is 0 Å². The Morgan fingerprint density at radius 1 is 1.27 bits per heavy atom. The molecule has 0 bridgehead atoms. The third-order valence-electron chi connectivity index (χ3n) is 2.19. The Kier molecular flexibility index (Phi) is 2.25. The van der Waals surface area contributed by atoms with Gasteiger partial charge in [0.25, 0.3) is 0 Å². The van der Waals surface area contributed by atoms with Crippen molar-refractivity contribution in [2.24, 2.45) is 0 Å². The standard InChI is InChI=1S/C11H10N2O2/c1-8-6-7-12-13(8)10-4-2-9(3-5-10)11(14)15/h2-7H,1H3,(H,14,15). The van der Waals surface area contributed by atoms with Gasteiger partial charge < -0.3 is 5.11 Å². The molecule has 0 atom stereocenters. The first-order chi connectivity index (χ1) is 7.18. The van der Waals surface area contributed by atoms with E-state index in [2.05, 4.69) is 5.10 Å². The molecule has 0 aliphatic heterocycles. The van der Waals surface area contributed by atoms with E-state index in [9.17, 15) is 4.79 Å². The summed E-state index contributed by atoms with van der Waals surface area (Å²) in [5.41, 5.74) is 2.16. The van der Waals surface area contributed by atoms with Crippen LogP contribution in [-0.2, 0) is 0 Å². The summed E-state index contributed by atoms with van der Waals surface area (Å²) in [6, 6.07) is 8.51. The predicted molar refractivity (Wildman–Crippen MR) is 55.3 cm³/mol. The molecule has 15 heavy (non-hydrogen) atoms. The van der Waals surface area contributed by atoms with E-state index in [1.165, 1.54) is 0 Å². The van der Waals surface area contributed by atoms with Crippen LogP contribution in [0, 0.1) is 6.92 Å². The van der Waals surface area contributed by atoms with Gasteiger partial charge in [-0.1, -0.05) is 0 Å². The van der Waals surface area contributed by atoms with E-state index >= 15 is 0 Å². The second kappa shape index (κ2) is 3.57. The van der Waals surface area contributed by atoms with Crippen LogP contribution in [0.5, 0.6) is 0 Å². The lowest BCUT2D eigenvalue weighted by Gasteiger charge is -2.04. The number of aromatic carboxylic acids is 1. The van der Waals surface area contributed by atoms with Crippen LogP contribution in [-0.4, -0.2) is 20.9 Å². The number of aryl methyl sites for hydroxylation is 1. The number of nitrogens with zero attached hydrogens (tertiary/aromatic N) is 2. The molecule has 4 nitrogen and oxygen atoms in total. The van der Waals surface area contributed by atoms with E-state index in [4.69, 9.17) is 5.11 Å². The molecule has 4 heteroatoms. The zero-order chi connectivity index (χ0) is 10.8. The van der Waals surface area contributed by atoms with E-state index in [-0.39, 0.29) is 5.56 Å². The highest BCUT2D eigenvalue weighted by Crippen LogP contribution is 2.11. The largest absolute Gasteiger partial charge is 0.478 e. The third-order valence-corrected chi connectivity index (χ3v) is 2.19. The van der Waals surface area contributed by atoms with E-state index in [0.29, 0.717) is 0 Å². The Morgan fingerprint density at radius 2 is 1.93 bits per heavy atom. The van der Waals surface area contributed by atoms with Gasteiger partial charge in [-0.3, -0.25) is 0 Å². The van der Waals surface area contributed by atoms with Gasteiger partial charge in [0.1, 0.15) is 0 Å². The maximum Gasteiger partial charge on any atom is 0.335 e. The van der Waals surface area contributed by atoms with Crippen molar-refractivity contribution in [3.05, 3.63) is 47.8 Å². The molecule has 0 unspecified atom stereocenters. The molecular formula is C11H10N2O2. The fraction of sp³-hybridized carbons (Fsp3) is 0.0909. The van der Waals surface area contributed by atoms with Crippen LogP contribution in [0.3, 0.4) is 0 Å². The minimum atomic E-state index is -0.918. The summed E-state index contributed by atoms with van der Waals surface area (Å²) in [4.78, 5) is 10.6. The minimum absolute atomic E-state index is 0.281. The van der Waals surface area contributed by atoms with Gasteiger partial charge >= 0.3 is 5.97 Å². The number of benzene rings is 1. The molecule has 0 saturated carbocycles. The molecule has 0 aliphatic rings. The highest BCUT2D eigenvalue weighted by molar-refractivity contribution is 5.87. The second-order valence-electron chi connectivity index (χ2n) is 3.24. The Hall–Kier alpha value is -2.10. The van der Waals surface area contributed by atoms with Crippen LogP contribution >= 0.6 is 0 Å². The first-order valence-electron chi connectivity index (χ1n) is 4.53. The summed E-state index contributed by atoms with van der Waals surface area (Å²) < 4.78 is 1.76. The van der Waals surface area contributed by atoms with Gasteiger partial charge in [-0.2, -0.15) is 5.10 Å². The summed E-state index contributed by atoms with van der Waals surface area (Å²) in [5, 5.41) is 12.9. The normalized spacial score (nSPS) is 10.2. The van der Waals surface area contributed by atoms with Gasteiger partial charge in [0.15, 0.2) is 0 Å². The molecule has 2 rings (SSSR count). The summed E-state index contributed by atoms with van der Waals surface area (Å²) in [6.45, 7) is 1.94. The molecule has 0 fully saturated rings. The lowest BCUT2D eigenvalue weighted by molar-refractivity contribution is 0.0697. The van der Waals surface area contributed by atoms with Crippen molar-refractivity contribution < 1.29 is 9.90 Å². The Bertz CT molecular complexity index is 486. The first-order valence-corrected chi connectivity index (χ1v) is 4.53. The third kappa shape index (κ3) is 1.74. The fourth-order valence-corrected chi connectivity index (χ4v) is 1.39. The van der Waals surface area contributed by atoms with Crippen LogP contribution in [0.2, 0.25) is 0 Å². The second-order valence-corrected chi connectivity index (χ2v) is 3.24. The number of carboxylic acid groups (broad SMARTS) is 1. The molecule has 0 saturated heterocycles. The van der Waals surface area contributed by atoms with Gasteiger partial charge in [-0.25, -0.2) is 9.48 Å². The van der Waals surface area contributed by atoms with Gasteiger partial charge in [-0.15, -0.1) is 0 Å². The van der Waals surface area contributed by atoms with Gasteiger partial charge in [0.2, 0.25) is 0 Å². The summed E-state index contributed by atoms with van der Waals surface area (Å²) in [7, 11) is 0. The quantitative estimate of drug-likeness (QED) is 0.808. The number of aromatic nitrogens is 2. The SMILES string of the molecule is Cc1ccnn1-c1ccc(C(=O)O)cc1. The highest BCUT2D eigenvalue weighted by Gasteiger charge is 2.04. The molecule has 1 aromatic heterocycles. The van der Waals surface area contributed by atoms with E-state index < -0.39 is 5.97 Å². The van der Waals surface area contributed by atoms with Crippen LogP contribution < -0.4 is 0 Å². The molecule has 0 spiro atoms. The van der Waals surface area contributed by atoms with Crippen molar-refractivity contribution in [3.8, 4) is 5.69 Å². The van der Waals surface area contributed by atoms with E-state index in [0.717, 1.165) is 11.4 Å². The number of carbonyl (C=O) groups is 1. The lowest BCUT2D eigenvalue weighted by Crippen LogP contribution is -2.00. The molecule has 2 aromatic rings. The predicted octanol–water partition coefficient (Wildman–Crippen LogP) is 1.88.